The van der Waals surface area contributed by atoms with Crippen LogP contribution in [0.5, 0.6) is 0 Å². The van der Waals surface area contributed by atoms with Crippen LogP contribution in [0.3, 0.4) is 0 Å². The van der Waals surface area contributed by atoms with Gasteiger partial charge in [-0.1, -0.05) is 24.3 Å². The van der Waals surface area contributed by atoms with Gasteiger partial charge in [0.1, 0.15) is 11.9 Å². The first kappa shape index (κ1) is 11.1. The average Bonchev–Trinajstić information content (AvgIpc) is 2.16. The van der Waals surface area contributed by atoms with Crippen LogP contribution in [0.1, 0.15) is 0 Å². The molecule has 0 aliphatic rings. The molecule has 0 amide bonds. The summed E-state index contributed by atoms with van der Waals surface area (Å²) in [5, 5.41) is 1.03. The normalized spacial score (nSPS) is 11.2. The van der Waals surface area contributed by atoms with Gasteiger partial charge in [-0.2, -0.15) is 0 Å². The highest BCUT2D eigenvalue weighted by molar-refractivity contribution is 8.86. The molecule has 0 spiro atoms. The van der Waals surface area contributed by atoms with Crippen LogP contribution >= 0.6 is 30.4 Å². The zero-order valence-electron chi connectivity index (χ0n) is 7.13. The van der Waals surface area contributed by atoms with Gasteiger partial charge < -0.3 is 0 Å². The summed E-state index contributed by atoms with van der Waals surface area (Å²) < 4.78 is 5.49. The topological polar surface area (TPSA) is 9.23 Å². The zero-order valence-corrected chi connectivity index (χ0v) is 9.81. The molecule has 0 atom stereocenters. The predicted molar refractivity (Wildman–Crippen MR) is 67.1 cm³/mol. The molecule has 1 nitrogen and oxygen atoms in total. The van der Waals surface area contributed by atoms with Crippen molar-refractivity contribution in [1.29, 1.82) is 0 Å². The van der Waals surface area contributed by atoms with Crippen molar-refractivity contribution >= 4 is 35.7 Å². The molecule has 0 unspecified atom stereocenters. The van der Waals surface area contributed by atoms with Crippen LogP contribution in [0.2, 0.25) is 0 Å². The van der Waals surface area contributed by atoms with E-state index in [1.807, 2.05) is 30.3 Å². The fourth-order valence-corrected chi connectivity index (χ4v) is 3.08. The molecule has 1 rings (SSSR count). The van der Waals surface area contributed by atoms with E-state index in [9.17, 15) is 0 Å². The van der Waals surface area contributed by atoms with Gasteiger partial charge in [0.15, 0.2) is 0 Å². The molecule has 1 aromatic rings. The maximum atomic E-state index is 5.49. The summed E-state index contributed by atoms with van der Waals surface area (Å²) in [6.45, 7) is 4.06. The first-order chi connectivity index (χ1) is 6.17. The first-order valence-electron chi connectivity index (χ1n) is 3.82. The third kappa shape index (κ3) is 3.35. The van der Waals surface area contributed by atoms with E-state index in [0.717, 1.165) is 5.30 Å². The lowest BCUT2D eigenvalue weighted by Crippen LogP contribution is -2.04. The van der Waals surface area contributed by atoms with E-state index < -0.39 is 5.89 Å². The van der Waals surface area contributed by atoms with E-state index in [2.05, 4.69) is 31.1 Å². The Balaban J connectivity index is 2.74. The number of hydrogen-bond donors (Lipinski definition) is 2. The predicted octanol–water partition coefficient (Wildman–Crippen LogP) is 3.14. The van der Waals surface area contributed by atoms with Crippen molar-refractivity contribution in [3.63, 3.8) is 0 Å². The summed E-state index contributed by atoms with van der Waals surface area (Å²) in [6, 6.07) is 9.80. The average molecular weight is 231 g/mol. The van der Waals surface area contributed by atoms with Crippen LogP contribution < -0.4 is 5.30 Å². The Morgan fingerprint density at radius 1 is 1.31 bits per heavy atom. The highest BCUT2D eigenvalue weighted by Crippen LogP contribution is 2.67. The summed E-state index contributed by atoms with van der Waals surface area (Å²) >= 11 is 8.83. The van der Waals surface area contributed by atoms with Gasteiger partial charge in [-0.3, -0.25) is 0 Å². The molecule has 0 aromatic heterocycles. The third-order valence-electron chi connectivity index (χ3n) is 1.46. The number of rotatable bonds is 4. The highest BCUT2D eigenvalue weighted by Gasteiger charge is 2.34. The highest BCUT2D eigenvalue weighted by atomic mass is 33.1. The minimum Gasteiger partial charge on any atom is -0.205 e. The molecule has 0 saturated carbocycles. The van der Waals surface area contributed by atoms with E-state index in [1.54, 1.807) is 6.08 Å². The fraction of sp³-hybridized carbons (Fsp3) is 0.111. The summed E-state index contributed by atoms with van der Waals surface area (Å²) in [7, 11) is 0. The number of benzene rings is 1. The third-order valence-corrected chi connectivity index (χ3v) is 5.02. The molecule has 0 radical (unpaired) electrons. The minimum atomic E-state index is -1.99. The fourth-order valence-electron chi connectivity index (χ4n) is 0.853. The van der Waals surface area contributed by atoms with Crippen molar-refractivity contribution in [2.24, 2.45) is 0 Å². The van der Waals surface area contributed by atoms with E-state index in [0.29, 0.717) is 6.61 Å². The molecule has 0 fully saturated rings. The van der Waals surface area contributed by atoms with E-state index in [1.165, 1.54) is 0 Å². The number of hydrogen-bond acceptors (Lipinski definition) is 3. The van der Waals surface area contributed by atoms with Crippen LogP contribution in [0, 0.1) is 0 Å². The van der Waals surface area contributed by atoms with Crippen molar-refractivity contribution in [2.75, 3.05) is 6.61 Å². The summed E-state index contributed by atoms with van der Waals surface area (Å²) in [5.41, 5.74) is 0. The molecule has 1 aromatic carbocycles. The van der Waals surface area contributed by atoms with Crippen LogP contribution in [-0.4, -0.2) is 6.61 Å². The Morgan fingerprint density at radius 2 is 1.92 bits per heavy atom. The van der Waals surface area contributed by atoms with Gasteiger partial charge in [0.2, 0.25) is 0 Å². The molecule has 13 heavy (non-hydrogen) atoms. The summed E-state index contributed by atoms with van der Waals surface area (Å²) in [4.78, 5) is 0. The molecule has 0 N–H and O–H groups in total. The Bertz CT molecular complexity index is 274. The molecule has 4 heteroatoms. The molecule has 0 aliphatic carbocycles. The van der Waals surface area contributed by atoms with Crippen LogP contribution in [-0.2, 0) is 4.52 Å². The van der Waals surface area contributed by atoms with E-state index >= 15 is 0 Å². The maximum absolute atomic E-state index is 5.49. The molecule has 0 aliphatic heterocycles. The van der Waals surface area contributed by atoms with Crippen molar-refractivity contribution in [2.45, 2.75) is 0 Å². The largest absolute Gasteiger partial charge is 0.289 e. The van der Waals surface area contributed by atoms with Gasteiger partial charge in [0.05, 0.1) is 24.5 Å². The van der Waals surface area contributed by atoms with Crippen molar-refractivity contribution in [1.82, 2.24) is 0 Å². The lowest BCUT2D eigenvalue weighted by Gasteiger charge is -2.11. The Hall–Kier alpha value is 0.0500. The van der Waals surface area contributed by atoms with Gasteiger partial charge in [-0.25, -0.2) is 4.52 Å². The van der Waals surface area contributed by atoms with Crippen molar-refractivity contribution in [3.05, 3.63) is 43.0 Å². The zero-order chi connectivity index (χ0) is 9.73. The summed E-state index contributed by atoms with van der Waals surface area (Å²) in [5.74, 6) is -1.99. The second-order valence-electron chi connectivity index (χ2n) is 2.46. The molecular formula is C9H12OPS2+. The monoisotopic (exact) mass is 231 g/mol. The second kappa shape index (κ2) is 5.06. The van der Waals surface area contributed by atoms with E-state index in [4.69, 9.17) is 4.52 Å². The van der Waals surface area contributed by atoms with E-state index in [-0.39, 0.29) is 0 Å². The van der Waals surface area contributed by atoms with Crippen molar-refractivity contribution in [3.8, 4) is 0 Å². The lowest BCUT2D eigenvalue weighted by atomic mass is 10.4. The minimum absolute atomic E-state index is 0.482. The Morgan fingerprint density at radius 3 is 2.46 bits per heavy atom. The maximum Gasteiger partial charge on any atom is 0.289 e. The van der Waals surface area contributed by atoms with Crippen molar-refractivity contribution < 1.29 is 4.52 Å². The number of thiol groups is 2. The quantitative estimate of drug-likeness (QED) is 0.460. The van der Waals surface area contributed by atoms with Crippen LogP contribution in [0.25, 0.3) is 0 Å². The standard InChI is InChI=1S/C9H12OPS2/c1-2-8-10-11(12,13)9-6-4-3-5-7-9/h2-7,12-13H,1,8H2/q+1. The molecule has 0 saturated heterocycles. The molecule has 0 heterocycles. The van der Waals surface area contributed by atoms with Gasteiger partial charge in [0.25, 0.3) is 5.89 Å². The van der Waals surface area contributed by atoms with Crippen LogP contribution in [0.4, 0.5) is 0 Å². The van der Waals surface area contributed by atoms with Gasteiger partial charge >= 0.3 is 0 Å². The van der Waals surface area contributed by atoms with Gasteiger partial charge in [-0.05, 0) is 12.1 Å². The Labute approximate surface area is 89.9 Å². The first-order valence-corrected chi connectivity index (χ1v) is 7.83. The van der Waals surface area contributed by atoms with Gasteiger partial charge in [0, 0.05) is 0 Å². The van der Waals surface area contributed by atoms with Gasteiger partial charge in [-0.15, -0.1) is 6.58 Å². The molecule has 70 valence electrons. The Kier molecular flexibility index (Phi) is 4.33. The second-order valence-corrected chi connectivity index (χ2v) is 8.65. The lowest BCUT2D eigenvalue weighted by molar-refractivity contribution is 0.415. The summed E-state index contributed by atoms with van der Waals surface area (Å²) in [6.07, 6.45) is 1.70. The molecular weight excluding hydrogens is 219 g/mol. The smallest absolute Gasteiger partial charge is 0.205 e. The SMILES string of the molecule is C=CCO[P+](S)(S)c1ccccc1. The van der Waals surface area contributed by atoms with Crippen LogP contribution in [0.15, 0.2) is 43.0 Å². The molecule has 0 bridgehead atoms.